The molecule has 1 aromatic rings. The molecular weight excluding hydrogens is 224 g/mol. The smallest absolute Gasteiger partial charge is 0.224 e. The summed E-state index contributed by atoms with van der Waals surface area (Å²) in [5.41, 5.74) is 2.73. The summed E-state index contributed by atoms with van der Waals surface area (Å²) in [5, 5.41) is 0. The van der Waals surface area contributed by atoms with Gasteiger partial charge in [-0.25, -0.2) is 0 Å². The van der Waals surface area contributed by atoms with Gasteiger partial charge < -0.3 is 9.80 Å². The van der Waals surface area contributed by atoms with Gasteiger partial charge in [0.05, 0.1) is 6.04 Å². The molecule has 1 aliphatic rings. The van der Waals surface area contributed by atoms with Crippen molar-refractivity contribution in [3.63, 3.8) is 0 Å². The van der Waals surface area contributed by atoms with Crippen molar-refractivity contribution in [2.45, 2.75) is 25.3 Å². The van der Waals surface area contributed by atoms with E-state index in [1.165, 1.54) is 11.1 Å². The number of aryl methyl sites for hydroxylation is 1. The van der Waals surface area contributed by atoms with Gasteiger partial charge in [-0.2, -0.15) is 0 Å². The van der Waals surface area contributed by atoms with Crippen LogP contribution in [0.1, 0.15) is 30.0 Å². The SMILES string of the molecule is CN(C)CCC(=O)N(C)C1CCc2ccccc21. The van der Waals surface area contributed by atoms with Crippen molar-refractivity contribution in [1.29, 1.82) is 0 Å². The molecule has 3 nitrogen and oxygen atoms in total. The lowest BCUT2D eigenvalue weighted by Crippen LogP contribution is -2.32. The van der Waals surface area contributed by atoms with Crippen molar-refractivity contribution in [2.75, 3.05) is 27.7 Å². The van der Waals surface area contributed by atoms with Gasteiger partial charge in [-0.05, 0) is 38.1 Å². The second kappa shape index (κ2) is 5.53. The summed E-state index contributed by atoms with van der Waals surface area (Å²) < 4.78 is 0. The third kappa shape index (κ3) is 2.72. The van der Waals surface area contributed by atoms with E-state index in [1.54, 1.807) is 0 Å². The van der Waals surface area contributed by atoms with Crippen LogP contribution >= 0.6 is 0 Å². The summed E-state index contributed by atoms with van der Waals surface area (Å²) in [5.74, 6) is 0.241. The topological polar surface area (TPSA) is 23.6 Å². The molecule has 3 heteroatoms. The van der Waals surface area contributed by atoms with E-state index in [0.29, 0.717) is 6.42 Å². The zero-order valence-electron chi connectivity index (χ0n) is 11.5. The van der Waals surface area contributed by atoms with E-state index >= 15 is 0 Å². The Bertz CT molecular complexity index is 428. The fourth-order valence-corrected chi connectivity index (χ4v) is 2.61. The summed E-state index contributed by atoms with van der Waals surface area (Å²) in [7, 11) is 5.93. The quantitative estimate of drug-likeness (QED) is 0.812. The van der Waals surface area contributed by atoms with E-state index < -0.39 is 0 Å². The molecule has 0 fully saturated rings. The molecule has 18 heavy (non-hydrogen) atoms. The molecule has 1 aliphatic carbocycles. The lowest BCUT2D eigenvalue weighted by atomic mass is 10.1. The molecule has 0 N–H and O–H groups in total. The highest BCUT2D eigenvalue weighted by molar-refractivity contribution is 5.76. The lowest BCUT2D eigenvalue weighted by molar-refractivity contribution is -0.132. The number of carbonyl (C=O) groups is 1. The Hall–Kier alpha value is -1.35. The van der Waals surface area contributed by atoms with Gasteiger partial charge in [-0.15, -0.1) is 0 Å². The average molecular weight is 246 g/mol. The standard InChI is InChI=1S/C15H22N2O/c1-16(2)11-10-15(18)17(3)14-9-8-12-6-4-5-7-13(12)14/h4-7,14H,8-11H2,1-3H3. The third-order valence-electron chi connectivity index (χ3n) is 3.73. The normalized spacial score (nSPS) is 17.9. The molecule has 0 saturated heterocycles. The maximum absolute atomic E-state index is 12.1. The van der Waals surface area contributed by atoms with Crippen molar-refractivity contribution < 1.29 is 4.79 Å². The van der Waals surface area contributed by atoms with Crippen LogP contribution < -0.4 is 0 Å². The molecule has 0 saturated carbocycles. The number of hydrogen-bond donors (Lipinski definition) is 0. The van der Waals surface area contributed by atoms with Crippen LogP contribution in [0.3, 0.4) is 0 Å². The highest BCUT2D eigenvalue weighted by atomic mass is 16.2. The van der Waals surface area contributed by atoms with Crippen molar-refractivity contribution in [3.05, 3.63) is 35.4 Å². The number of hydrogen-bond acceptors (Lipinski definition) is 2. The first kappa shape index (κ1) is 13.1. The molecule has 0 aliphatic heterocycles. The lowest BCUT2D eigenvalue weighted by Gasteiger charge is -2.26. The Morgan fingerprint density at radius 1 is 1.28 bits per heavy atom. The Labute approximate surface area is 109 Å². The van der Waals surface area contributed by atoms with Gasteiger partial charge in [0.1, 0.15) is 0 Å². The Morgan fingerprint density at radius 3 is 2.72 bits per heavy atom. The van der Waals surface area contributed by atoms with Crippen molar-refractivity contribution >= 4 is 5.91 Å². The second-order valence-electron chi connectivity index (χ2n) is 5.31. The van der Waals surface area contributed by atoms with E-state index in [4.69, 9.17) is 0 Å². The van der Waals surface area contributed by atoms with Crippen LogP contribution in [0.15, 0.2) is 24.3 Å². The van der Waals surface area contributed by atoms with Gasteiger partial charge in [0.15, 0.2) is 0 Å². The predicted molar refractivity (Wildman–Crippen MR) is 73.4 cm³/mol. The van der Waals surface area contributed by atoms with Gasteiger partial charge in [0, 0.05) is 20.0 Å². The number of amides is 1. The van der Waals surface area contributed by atoms with Crippen LogP contribution in [-0.4, -0.2) is 43.4 Å². The van der Waals surface area contributed by atoms with Gasteiger partial charge in [-0.1, -0.05) is 24.3 Å². The number of rotatable bonds is 4. The molecule has 0 bridgehead atoms. The summed E-state index contributed by atoms with van der Waals surface area (Å²) in [4.78, 5) is 16.1. The maximum Gasteiger partial charge on any atom is 0.224 e. The molecule has 0 aromatic heterocycles. The van der Waals surface area contributed by atoms with Gasteiger partial charge in [0.2, 0.25) is 5.91 Å². The molecule has 1 amide bonds. The Balaban J connectivity index is 2.02. The van der Waals surface area contributed by atoms with Gasteiger partial charge >= 0.3 is 0 Å². The average Bonchev–Trinajstić information content (AvgIpc) is 2.78. The summed E-state index contributed by atoms with van der Waals surface area (Å²) in [6.07, 6.45) is 2.75. The summed E-state index contributed by atoms with van der Waals surface area (Å²) in [6.45, 7) is 0.817. The minimum absolute atomic E-state index is 0.241. The number of nitrogens with zero attached hydrogens (tertiary/aromatic N) is 2. The minimum Gasteiger partial charge on any atom is -0.339 e. The van der Waals surface area contributed by atoms with Crippen LogP contribution in [-0.2, 0) is 11.2 Å². The number of benzene rings is 1. The van der Waals surface area contributed by atoms with Crippen molar-refractivity contribution in [1.82, 2.24) is 9.80 Å². The summed E-state index contributed by atoms with van der Waals surface area (Å²) in [6, 6.07) is 8.75. The number of carbonyl (C=O) groups excluding carboxylic acids is 1. The fraction of sp³-hybridized carbons (Fsp3) is 0.533. The van der Waals surface area contributed by atoms with Gasteiger partial charge in [-0.3, -0.25) is 4.79 Å². The monoisotopic (exact) mass is 246 g/mol. The first-order valence-corrected chi connectivity index (χ1v) is 6.58. The molecule has 2 rings (SSSR count). The molecule has 1 aromatic carbocycles. The maximum atomic E-state index is 12.1. The molecule has 1 unspecified atom stereocenters. The molecule has 0 heterocycles. The fourth-order valence-electron chi connectivity index (χ4n) is 2.61. The van der Waals surface area contributed by atoms with Gasteiger partial charge in [0.25, 0.3) is 0 Å². The van der Waals surface area contributed by atoms with E-state index in [1.807, 2.05) is 30.9 Å². The third-order valence-corrected chi connectivity index (χ3v) is 3.73. The van der Waals surface area contributed by atoms with E-state index in [2.05, 4.69) is 24.3 Å². The van der Waals surface area contributed by atoms with Crippen molar-refractivity contribution in [3.8, 4) is 0 Å². The number of fused-ring (bicyclic) bond motifs is 1. The zero-order chi connectivity index (χ0) is 13.1. The van der Waals surface area contributed by atoms with Crippen molar-refractivity contribution in [2.24, 2.45) is 0 Å². The first-order valence-electron chi connectivity index (χ1n) is 6.58. The highest BCUT2D eigenvalue weighted by Gasteiger charge is 2.27. The predicted octanol–water partition coefficient (Wildman–Crippen LogP) is 2.08. The van der Waals surface area contributed by atoms with E-state index in [-0.39, 0.29) is 11.9 Å². The van der Waals surface area contributed by atoms with E-state index in [0.717, 1.165) is 19.4 Å². The molecule has 0 radical (unpaired) electrons. The Kier molecular flexibility index (Phi) is 4.02. The summed E-state index contributed by atoms with van der Waals surface area (Å²) >= 11 is 0. The van der Waals surface area contributed by atoms with Crippen LogP contribution in [0.2, 0.25) is 0 Å². The molecule has 0 spiro atoms. The molecule has 98 valence electrons. The van der Waals surface area contributed by atoms with Crippen LogP contribution in [0.5, 0.6) is 0 Å². The first-order chi connectivity index (χ1) is 8.59. The molecule has 1 atom stereocenters. The zero-order valence-corrected chi connectivity index (χ0v) is 11.5. The highest BCUT2D eigenvalue weighted by Crippen LogP contribution is 2.34. The van der Waals surface area contributed by atoms with Crippen LogP contribution in [0.4, 0.5) is 0 Å². The minimum atomic E-state index is 0.241. The molecular formula is C15H22N2O. The largest absolute Gasteiger partial charge is 0.339 e. The van der Waals surface area contributed by atoms with Crippen LogP contribution in [0, 0.1) is 0 Å². The second-order valence-corrected chi connectivity index (χ2v) is 5.31. The Morgan fingerprint density at radius 2 is 2.00 bits per heavy atom. The van der Waals surface area contributed by atoms with E-state index in [9.17, 15) is 4.79 Å². The van der Waals surface area contributed by atoms with Crippen LogP contribution in [0.25, 0.3) is 0 Å².